The van der Waals surface area contributed by atoms with Crippen LogP contribution in [-0.2, 0) is 5.41 Å². The lowest BCUT2D eigenvalue weighted by atomic mass is 9.87. The number of nitrogens with zero attached hydrogens (tertiary/aromatic N) is 5. The fraction of sp³-hybridized carbons (Fsp3) is 0.292. The highest BCUT2D eigenvalue weighted by Crippen LogP contribution is 2.25. The Morgan fingerprint density at radius 2 is 1.66 bits per heavy atom. The first-order valence-corrected chi connectivity index (χ1v) is 11.2. The Balaban J connectivity index is 1.53. The maximum Gasteiger partial charge on any atom is 0.257 e. The third kappa shape index (κ3) is 4.45. The fourth-order valence-corrected chi connectivity index (χ4v) is 4.08. The van der Waals surface area contributed by atoms with E-state index < -0.39 is 0 Å². The molecule has 0 fully saturated rings. The van der Waals surface area contributed by atoms with Crippen molar-refractivity contribution in [1.29, 1.82) is 0 Å². The van der Waals surface area contributed by atoms with E-state index in [1.165, 1.54) is 5.56 Å². The number of rotatable bonds is 4. The second kappa shape index (κ2) is 8.27. The molecule has 0 spiro atoms. The van der Waals surface area contributed by atoms with Crippen LogP contribution in [0, 0.1) is 20.8 Å². The highest BCUT2D eigenvalue weighted by atomic mass is 32.1. The van der Waals surface area contributed by atoms with Crippen LogP contribution in [0.3, 0.4) is 0 Å². The van der Waals surface area contributed by atoms with Crippen LogP contribution in [0.5, 0.6) is 0 Å². The summed E-state index contributed by atoms with van der Waals surface area (Å²) in [5.41, 5.74) is 6.48. The van der Waals surface area contributed by atoms with E-state index >= 15 is 0 Å². The summed E-state index contributed by atoms with van der Waals surface area (Å²) in [5.74, 6) is 0.227. The first kappa shape index (κ1) is 21.8. The molecule has 0 aliphatic rings. The van der Waals surface area contributed by atoms with Crippen molar-refractivity contribution in [3.05, 3.63) is 70.4 Å². The van der Waals surface area contributed by atoms with Gasteiger partial charge in [0.15, 0.2) is 11.5 Å². The van der Waals surface area contributed by atoms with Gasteiger partial charge < -0.3 is 0 Å². The summed E-state index contributed by atoms with van der Waals surface area (Å²) >= 11 is 1.12. The van der Waals surface area contributed by atoms with E-state index in [1.54, 1.807) is 4.68 Å². The highest BCUT2D eigenvalue weighted by Gasteiger charge is 2.19. The maximum absolute atomic E-state index is 12.6. The Hall–Kier alpha value is -3.39. The molecule has 2 heterocycles. The smallest absolute Gasteiger partial charge is 0.257 e. The van der Waals surface area contributed by atoms with Gasteiger partial charge in [0.05, 0.1) is 11.4 Å². The second-order valence-electron chi connectivity index (χ2n) is 8.99. The summed E-state index contributed by atoms with van der Waals surface area (Å²) in [6.45, 7) is 12.5. The monoisotopic (exact) mass is 446 g/mol. The number of aryl methyl sites for hydroxylation is 2. The molecule has 2 aromatic carbocycles. The molecule has 1 N–H and O–H groups in total. The minimum absolute atomic E-state index is 0.0373. The predicted molar refractivity (Wildman–Crippen MR) is 128 cm³/mol. The van der Waals surface area contributed by atoms with Gasteiger partial charge >= 0.3 is 0 Å². The summed E-state index contributed by atoms with van der Waals surface area (Å²) in [6.07, 6.45) is 0. The lowest BCUT2D eigenvalue weighted by Gasteiger charge is -2.18. The number of aromatic nitrogens is 5. The molecular weight excluding hydrogens is 420 g/mol. The van der Waals surface area contributed by atoms with E-state index in [1.807, 2.05) is 31.2 Å². The van der Waals surface area contributed by atoms with Gasteiger partial charge in [0, 0.05) is 17.1 Å². The Morgan fingerprint density at radius 3 is 2.28 bits per heavy atom. The van der Waals surface area contributed by atoms with Gasteiger partial charge in [-0.15, -0.1) is 5.10 Å². The van der Waals surface area contributed by atoms with E-state index in [0.29, 0.717) is 22.2 Å². The maximum atomic E-state index is 12.6. The van der Waals surface area contributed by atoms with E-state index in [-0.39, 0.29) is 11.3 Å². The quantitative estimate of drug-likeness (QED) is 0.462. The zero-order valence-electron chi connectivity index (χ0n) is 19.1. The van der Waals surface area contributed by atoms with Crippen molar-refractivity contribution in [2.24, 2.45) is 0 Å². The van der Waals surface area contributed by atoms with Crippen LogP contribution in [0.2, 0.25) is 0 Å². The molecular formula is C24H26N6OS. The van der Waals surface area contributed by atoms with Crippen LogP contribution in [-0.4, -0.2) is 30.3 Å². The number of hydrogen-bond donors (Lipinski definition) is 1. The van der Waals surface area contributed by atoms with E-state index in [0.717, 1.165) is 34.0 Å². The number of hydrogen-bond acceptors (Lipinski definition) is 6. The zero-order valence-corrected chi connectivity index (χ0v) is 19.9. The largest absolute Gasteiger partial charge is 0.297 e. The first-order chi connectivity index (χ1) is 15.1. The summed E-state index contributed by atoms with van der Waals surface area (Å²) in [4.78, 5) is 17.1. The molecule has 0 saturated heterocycles. The van der Waals surface area contributed by atoms with Crippen LogP contribution in [0.1, 0.15) is 53.5 Å². The summed E-state index contributed by atoms with van der Waals surface area (Å²) < 4.78 is 6.17. The van der Waals surface area contributed by atoms with Crippen molar-refractivity contribution in [2.45, 2.75) is 47.0 Å². The Kier molecular flexibility index (Phi) is 5.64. The molecule has 0 saturated carbocycles. The Labute approximate surface area is 191 Å². The van der Waals surface area contributed by atoms with Gasteiger partial charge in [-0.25, -0.2) is 4.68 Å². The topological polar surface area (TPSA) is 85.6 Å². The molecule has 2 aromatic heterocycles. The predicted octanol–water partition coefficient (Wildman–Crippen LogP) is 5.26. The average molecular weight is 447 g/mol. The SMILES string of the molecule is Cc1cc(C)cc(-n2nnc(-c3nsc(NC(=O)c4ccc(C(C)(C)C)cc4)n3)c2C)c1. The molecule has 7 nitrogen and oxygen atoms in total. The van der Waals surface area contributed by atoms with E-state index in [9.17, 15) is 4.79 Å². The minimum Gasteiger partial charge on any atom is -0.297 e. The van der Waals surface area contributed by atoms with Crippen molar-refractivity contribution < 1.29 is 4.79 Å². The van der Waals surface area contributed by atoms with Crippen LogP contribution < -0.4 is 5.32 Å². The lowest BCUT2D eigenvalue weighted by Crippen LogP contribution is -2.14. The second-order valence-corrected chi connectivity index (χ2v) is 9.74. The summed E-state index contributed by atoms with van der Waals surface area (Å²) in [7, 11) is 0. The van der Waals surface area contributed by atoms with Gasteiger partial charge in [0.2, 0.25) is 5.13 Å². The number of nitrogens with one attached hydrogen (secondary N) is 1. The normalized spacial score (nSPS) is 11.6. The van der Waals surface area contributed by atoms with Gasteiger partial charge in [-0.3, -0.25) is 10.1 Å². The third-order valence-corrected chi connectivity index (χ3v) is 5.85. The molecule has 164 valence electrons. The van der Waals surface area contributed by atoms with Crippen LogP contribution in [0.25, 0.3) is 17.2 Å². The van der Waals surface area contributed by atoms with Gasteiger partial charge in [0.1, 0.15) is 0 Å². The van der Waals surface area contributed by atoms with Crippen LogP contribution in [0.4, 0.5) is 5.13 Å². The molecule has 1 amide bonds. The molecule has 0 aliphatic carbocycles. The number of carbonyl (C=O) groups excluding carboxylic acids is 1. The number of amides is 1. The molecule has 0 radical (unpaired) electrons. The molecule has 0 bridgehead atoms. The Bertz CT molecular complexity index is 1260. The highest BCUT2D eigenvalue weighted by molar-refractivity contribution is 7.10. The minimum atomic E-state index is -0.219. The Morgan fingerprint density at radius 1 is 1.00 bits per heavy atom. The molecule has 0 aliphatic heterocycles. The van der Waals surface area contributed by atoms with E-state index in [4.69, 9.17) is 0 Å². The van der Waals surface area contributed by atoms with Crippen molar-refractivity contribution in [2.75, 3.05) is 5.32 Å². The van der Waals surface area contributed by atoms with Crippen molar-refractivity contribution in [3.63, 3.8) is 0 Å². The summed E-state index contributed by atoms with van der Waals surface area (Å²) in [5, 5.41) is 11.8. The van der Waals surface area contributed by atoms with Crippen molar-refractivity contribution in [1.82, 2.24) is 24.4 Å². The molecule has 0 atom stereocenters. The summed E-state index contributed by atoms with van der Waals surface area (Å²) in [6, 6.07) is 13.9. The standard InChI is InChI=1S/C24H26N6OS/c1-14-11-15(2)13-19(12-14)30-16(3)20(27-29-30)21-25-23(32-28-21)26-22(31)17-7-9-18(10-8-17)24(4,5)6/h7-13H,1-6H3,(H,25,26,28,31). The number of benzene rings is 2. The van der Waals surface area contributed by atoms with Gasteiger partial charge in [-0.05, 0) is 67.1 Å². The molecule has 0 unspecified atom stereocenters. The van der Waals surface area contributed by atoms with Gasteiger partial charge in [-0.1, -0.05) is 44.2 Å². The molecule has 4 aromatic rings. The number of anilines is 1. The van der Waals surface area contributed by atoms with E-state index in [2.05, 4.69) is 77.8 Å². The average Bonchev–Trinajstić information content (AvgIpc) is 3.33. The van der Waals surface area contributed by atoms with Crippen LogP contribution >= 0.6 is 11.5 Å². The first-order valence-electron chi connectivity index (χ1n) is 10.4. The van der Waals surface area contributed by atoms with Gasteiger partial charge in [0.25, 0.3) is 5.91 Å². The van der Waals surface area contributed by atoms with Crippen molar-refractivity contribution >= 4 is 22.6 Å². The zero-order chi connectivity index (χ0) is 23.0. The lowest BCUT2D eigenvalue weighted by molar-refractivity contribution is 0.102. The fourth-order valence-electron chi connectivity index (χ4n) is 3.52. The van der Waals surface area contributed by atoms with Crippen molar-refractivity contribution in [3.8, 4) is 17.2 Å². The third-order valence-electron chi connectivity index (χ3n) is 5.22. The number of carbonyl (C=O) groups is 1. The van der Waals surface area contributed by atoms with Crippen LogP contribution in [0.15, 0.2) is 42.5 Å². The molecule has 32 heavy (non-hydrogen) atoms. The molecule has 8 heteroatoms. The van der Waals surface area contributed by atoms with Gasteiger partial charge in [-0.2, -0.15) is 9.36 Å². The molecule has 4 rings (SSSR count).